The topological polar surface area (TPSA) is 113 Å². The van der Waals surface area contributed by atoms with Crippen molar-refractivity contribution >= 4 is 21.8 Å². The van der Waals surface area contributed by atoms with Crippen LogP contribution in [-0.2, 0) is 14.8 Å². The first-order chi connectivity index (χ1) is 11.3. The number of methoxy groups -OCH3 is 1. The second-order valence-corrected chi connectivity index (χ2v) is 6.33. The highest BCUT2D eigenvalue weighted by atomic mass is 32.2. The quantitative estimate of drug-likeness (QED) is 0.623. The molecule has 0 bridgehead atoms. The Kier molecular flexibility index (Phi) is 5.32. The summed E-state index contributed by atoms with van der Waals surface area (Å²) in [5.74, 6) is -1.16. The van der Waals surface area contributed by atoms with Gasteiger partial charge in [0.25, 0.3) is 0 Å². The van der Waals surface area contributed by atoms with E-state index in [1.54, 1.807) is 30.3 Å². The van der Waals surface area contributed by atoms with Crippen LogP contribution < -0.4 is 9.88 Å². The maximum Gasteiger partial charge on any atom is 0.342 e. The zero-order valence-corrected chi connectivity index (χ0v) is 13.6. The number of nitrogens with two attached hydrogens (primary N) is 1. The summed E-state index contributed by atoms with van der Waals surface area (Å²) in [5, 5.41) is 5.04. The summed E-state index contributed by atoms with van der Waals surface area (Å²) in [6.45, 7) is -0.481. The second kappa shape index (κ2) is 7.24. The van der Waals surface area contributed by atoms with Crippen LogP contribution in [0.1, 0.15) is 20.7 Å². The first-order valence-electron chi connectivity index (χ1n) is 6.79. The first kappa shape index (κ1) is 17.6. The predicted molar refractivity (Wildman–Crippen MR) is 85.4 cm³/mol. The molecule has 0 fully saturated rings. The molecule has 24 heavy (non-hydrogen) atoms. The molecule has 0 aliphatic heterocycles. The average molecular weight is 349 g/mol. The fourth-order valence-corrected chi connectivity index (χ4v) is 2.48. The smallest absolute Gasteiger partial charge is 0.342 e. The van der Waals surface area contributed by atoms with Gasteiger partial charge in [0, 0.05) is 5.56 Å². The summed E-state index contributed by atoms with van der Waals surface area (Å²) in [6, 6.07) is 11.9. The molecular weight excluding hydrogens is 334 g/mol. The fraction of sp³-hybridized carbons (Fsp3) is 0.125. The Morgan fingerprint density at radius 1 is 1.08 bits per heavy atom. The number of esters is 1. The molecule has 0 saturated carbocycles. The molecular formula is C16H15NO6S. The average Bonchev–Trinajstić information content (AvgIpc) is 2.58. The molecule has 0 aliphatic carbocycles. The Hall–Kier alpha value is -2.71. The maximum atomic E-state index is 12.1. The minimum atomic E-state index is -3.99. The Balaban J connectivity index is 2.18. The number of hydrogen-bond donors (Lipinski definition) is 1. The normalized spacial score (nSPS) is 10.9. The van der Waals surface area contributed by atoms with Crippen LogP contribution >= 0.6 is 0 Å². The van der Waals surface area contributed by atoms with Gasteiger partial charge in [-0.1, -0.05) is 30.3 Å². The Labute approximate surface area is 139 Å². The van der Waals surface area contributed by atoms with Crippen molar-refractivity contribution in [2.24, 2.45) is 5.14 Å². The van der Waals surface area contributed by atoms with Crippen LogP contribution in [0.25, 0.3) is 0 Å². The van der Waals surface area contributed by atoms with E-state index in [0.29, 0.717) is 5.56 Å². The van der Waals surface area contributed by atoms with Gasteiger partial charge in [-0.3, -0.25) is 4.79 Å². The largest absolute Gasteiger partial charge is 0.496 e. The van der Waals surface area contributed by atoms with E-state index in [9.17, 15) is 18.0 Å². The minimum Gasteiger partial charge on any atom is -0.496 e. The standard InChI is InChI=1S/C16H15NO6S/c1-22-15-8-7-12(24(17,20)21)9-13(15)16(19)23-10-14(18)11-5-3-2-4-6-11/h2-9H,10H2,1H3,(H2,17,20,21). The number of Topliss-reactive ketones (excluding diaryl/α,β-unsaturated/α-hetero) is 1. The number of sulfonamides is 1. The van der Waals surface area contributed by atoms with Crippen LogP contribution in [0.15, 0.2) is 53.4 Å². The van der Waals surface area contributed by atoms with Crippen LogP contribution in [0, 0.1) is 0 Å². The minimum absolute atomic E-state index is 0.111. The highest BCUT2D eigenvalue weighted by molar-refractivity contribution is 7.89. The van der Waals surface area contributed by atoms with Gasteiger partial charge in [0.05, 0.1) is 12.0 Å². The van der Waals surface area contributed by atoms with Crippen molar-refractivity contribution in [2.75, 3.05) is 13.7 Å². The molecule has 0 radical (unpaired) electrons. The van der Waals surface area contributed by atoms with Crippen LogP contribution in [0.4, 0.5) is 0 Å². The summed E-state index contributed by atoms with van der Waals surface area (Å²) in [7, 11) is -2.67. The van der Waals surface area contributed by atoms with Crippen molar-refractivity contribution in [3.05, 3.63) is 59.7 Å². The third-order valence-electron chi connectivity index (χ3n) is 3.15. The van der Waals surface area contributed by atoms with Crippen molar-refractivity contribution in [2.45, 2.75) is 4.90 Å². The van der Waals surface area contributed by atoms with Crippen LogP contribution in [0.2, 0.25) is 0 Å². The lowest BCUT2D eigenvalue weighted by Gasteiger charge is -2.10. The highest BCUT2D eigenvalue weighted by Gasteiger charge is 2.19. The fourth-order valence-electron chi connectivity index (χ4n) is 1.94. The third-order valence-corrected chi connectivity index (χ3v) is 4.06. The Morgan fingerprint density at radius 2 is 1.75 bits per heavy atom. The predicted octanol–water partition coefficient (Wildman–Crippen LogP) is 1.38. The zero-order chi connectivity index (χ0) is 17.7. The molecule has 0 aromatic heterocycles. The molecule has 2 aromatic rings. The Morgan fingerprint density at radius 3 is 2.33 bits per heavy atom. The monoisotopic (exact) mass is 349 g/mol. The van der Waals surface area contributed by atoms with Gasteiger partial charge in [-0.25, -0.2) is 18.4 Å². The molecule has 2 aromatic carbocycles. The third kappa shape index (κ3) is 4.18. The van der Waals surface area contributed by atoms with Crippen molar-refractivity contribution in [1.29, 1.82) is 0 Å². The lowest BCUT2D eigenvalue weighted by molar-refractivity contribution is 0.0471. The number of carbonyl (C=O) groups excluding carboxylic acids is 2. The molecule has 126 valence electrons. The lowest BCUT2D eigenvalue weighted by atomic mass is 10.1. The second-order valence-electron chi connectivity index (χ2n) is 4.77. The molecule has 0 spiro atoms. The first-order valence-corrected chi connectivity index (χ1v) is 8.34. The van der Waals surface area contributed by atoms with E-state index >= 15 is 0 Å². The summed E-state index contributed by atoms with van der Waals surface area (Å²) in [6.07, 6.45) is 0. The molecule has 0 heterocycles. The van der Waals surface area contributed by atoms with E-state index in [1.807, 2.05) is 0 Å². The number of ketones is 1. The van der Waals surface area contributed by atoms with E-state index in [2.05, 4.69) is 0 Å². The zero-order valence-electron chi connectivity index (χ0n) is 12.8. The van der Waals surface area contributed by atoms with Crippen LogP contribution in [0.3, 0.4) is 0 Å². The molecule has 0 aliphatic rings. The van der Waals surface area contributed by atoms with Crippen LogP contribution in [-0.4, -0.2) is 33.9 Å². The molecule has 0 unspecified atom stereocenters. The molecule has 2 rings (SSSR count). The van der Waals surface area contributed by atoms with E-state index in [-0.39, 0.29) is 22.0 Å². The summed E-state index contributed by atoms with van der Waals surface area (Å²) in [5.41, 5.74) is 0.264. The number of primary sulfonamides is 1. The van der Waals surface area contributed by atoms with Gasteiger partial charge in [-0.2, -0.15) is 0 Å². The molecule has 7 nitrogen and oxygen atoms in total. The lowest BCUT2D eigenvalue weighted by Crippen LogP contribution is -2.17. The van der Waals surface area contributed by atoms with Crippen molar-refractivity contribution in [3.63, 3.8) is 0 Å². The van der Waals surface area contributed by atoms with Gasteiger partial charge in [0.2, 0.25) is 10.0 Å². The molecule has 0 amide bonds. The van der Waals surface area contributed by atoms with Gasteiger partial charge in [0.1, 0.15) is 11.3 Å². The summed E-state index contributed by atoms with van der Waals surface area (Å²) < 4.78 is 32.7. The van der Waals surface area contributed by atoms with Gasteiger partial charge < -0.3 is 9.47 Å². The van der Waals surface area contributed by atoms with E-state index < -0.39 is 22.6 Å². The summed E-state index contributed by atoms with van der Waals surface area (Å²) in [4.78, 5) is 23.8. The van der Waals surface area contributed by atoms with Crippen molar-refractivity contribution < 1.29 is 27.5 Å². The molecule has 2 N–H and O–H groups in total. The van der Waals surface area contributed by atoms with Crippen molar-refractivity contribution in [1.82, 2.24) is 0 Å². The number of benzene rings is 2. The van der Waals surface area contributed by atoms with E-state index in [1.165, 1.54) is 19.2 Å². The van der Waals surface area contributed by atoms with Gasteiger partial charge >= 0.3 is 5.97 Å². The summed E-state index contributed by atoms with van der Waals surface area (Å²) >= 11 is 0. The number of rotatable bonds is 6. The Bertz CT molecular complexity index is 861. The maximum absolute atomic E-state index is 12.1. The van der Waals surface area contributed by atoms with E-state index in [0.717, 1.165) is 6.07 Å². The van der Waals surface area contributed by atoms with E-state index in [4.69, 9.17) is 14.6 Å². The molecule has 0 atom stereocenters. The SMILES string of the molecule is COc1ccc(S(N)(=O)=O)cc1C(=O)OCC(=O)c1ccccc1. The van der Waals surface area contributed by atoms with Crippen molar-refractivity contribution in [3.8, 4) is 5.75 Å². The highest BCUT2D eigenvalue weighted by Crippen LogP contribution is 2.22. The van der Waals surface area contributed by atoms with Gasteiger partial charge in [-0.05, 0) is 18.2 Å². The molecule has 0 saturated heterocycles. The van der Waals surface area contributed by atoms with Crippen LogP contribution in [0.5, 0.6) is 5.75 Å². The molecule has 8 heteroatoms. The van der Waals surface area contributed by atoms with Gasteiger partial charge in [0.15, 0.2) is 12.4 Å². The number of carbonyl (C=O) groups is 2. The number of hydrogen-bond acceptors (Lipinski definition) is 6. The van der Waals surface area contributed by atoms with Gasteiger partial charge in [-0.15, -0.1) is 0 Å². The number of ether oxygens (including phenoxy) is 2.